The van der Waals surface area contributed by atoms with Crippen LogP contribution in [0.5, 0.6) is 0 Å². The first kappa shape index (κ1) is 25.5. The molecule has 2 unspecified atom stereocenters. The number of fused-ring (bicyclic) bond motifs is 1. The van der Waals surface area contributed by atoms with Gasteiger partial charge in [0.2, 0.25) is 0 Å². The second kappa shape index (κ2) is 12.4. The van der Waals surface area contributed by atoms with Gasteiger partial charge in [-0.3, -0.25) is 14.5 Å². The minimum atomic E-state index is -0.250. The van der Waals surface area contributed by atoms with E-state index in [2.05, 4.69) is 73.4 Å². The highest BCUT2D eigenvalue weighted by Crippen LogP contribution is 2.46. The average molecular weight is 445 g/mol. The molecular weight excluding hydrogens is 408 g/mol. The van der Waals surface area contributed by atoms with Gasteiger partial charge < -0.3 is 15.1 Å². The molecule has 8 heteroatoms. The summed E-state index contributed by atoms with van der Waals surface area (Å²) in [5.74, 6) is 1.87. The Morgan fingerprint density at radius 2 is 1.59 bits per heavy atom. The summed E-state index contributed by atoms with van der Waals surface area (Å²) in [4.78, 5) is 21.7. The van der Waals surface area contributed by atoms with Crippen LogP contribution in [0.4, 0.5) is 0 Å². The number of carboxylic acid groups (broad SMARTS) is 2. The van der Waals surface area contributed by atoms with E-state index in [0.717, 1.165) is 36.2 Å². The van der Waals surface area contributed by atoms with Gasteiger partial charge in [0.15, 0.2) is 0 Å². The standard InChI is InChI=1S/C22H32N4.2CH2O2/c1-16-6-5-7-20(8-16)26-15-17(13-23-26)14-25(4)22-11-18-9-21(24(2)3)10-19(18)12-22;2*2-1-3/h5-8,13,15,18-19,21-22H,9-12,14H2,1-4H3;2*1H,(H,2,3)/t18-,19+,21?,22?;;. The van der Waals surface area contributed by atoms with E-state index in [1.807, 2.05) is 10.9 Å². The van der Waals surface area contributed by atoms with Gasteiger partial charge in [0, 0.05) is 30.4 Å². The summed E-state index contributed by atoms with van der Waals surface area (Å²) >= 11 is 0. The average Bonchev–Trinajstić information content (AvgIpc) is 3.44. The Morgan fingerprint density at radius 1 is 1.03 bits per heavy atom. The molecule has 2 aromatic rings. The lowest BCUT2D eigenvalue weighted by atomic mass is 10.0. The van der Waals surface area contributed by atoms with Crippen LogP contribution in [0.25, 0.3) is 5.69 Å². The normalized spacial score (nSPS) is 23.7. The number of hydrogen-bond acceptors (Lipinski definition) is 5. The van der Waals surface area contributed by atoms with E-state index in [0.29, 0.717) is 0 Å². The van der Waals surface area contributed by atoms with Gasteiger partial charge in [-0.05, 0) is 83.3 Å². The maximum atomic E-state index is 8.36. The van der Waals surface area contributed by atoms with Gasteiger partial charge >= 0.3 is 0 Å². The van der Waals surface area contributed by atoms with Crippen molar-refractivity contribution in [2.75, 3.05) is 21.1 Å². The number of aryl methyl sites for hydroxylation is 1. The molecule has 1 heterocycles. The van der Waals surface area contributed by atoms with Crippen LogP contribution >= 0.6 is 0 Å². The minimum Gasteiger partial charge on any atom is -0.483 e. The monoisotopic (exact) mass is 444 g/mol. The SMILES string of the molecule is Cc1cccc(-n2cc(CN(C)C3C[C@H]4CC(N(C)C)C[C@H]4C3)cn2)c1.O=CO.O=CO. The zero-order valence-electron chi connectivity index (χ0n) is 19.5. The van der Waals surface area contributed by atoms with Crippen LogP contribution < -0.4 is 0 Å². The number of aromatic nitrogens is 2. The molecule has 0 bridgehead atoms. The maximum absolute atomic E-state index is 8.36. The van der Waals surface area contributed by atoms with Crippen molar-refractivity contribution in [2.45, 2.75) is 51.2 Å². The molecule has 1 aromatic heterocycles. The van der Waals surface area contributed by atoms with Crippen LogP contribution in [0, 0.1) is 18.8 Å². The lowest BCUT2D eigenvalue weighted by molar-refractivity contribution is -0.123. The fourth-order valence-electron chi connectivity index (χ4n) is 5.10. The number of nitrogens with zero attached hydrogens (tertiary/aromatic N) is 4. The number of hydrogen-bond donors (Lipinski definition) is 2. The molecule has 0 aliphatic heterocycles. The van der Waals surface area contributed by atoms with Crippen LogP contribution in [-0.4, -0.2) is 76.0 Å². The zero-order chi connectivity index (χ0) is 23.7. The van der Waals surface area contributed by atoms with Gasteiger partial charge in [-0.2, -0.15) is 5.10 Å². The minimum absolute atomic E-state index is 0.250. The van der Waals surface area contributed by atoms with Gasteiger partial charge in [0.05, 0.1) is 11.9 Å². The summed E-state index contributed by atoms with van der Waals surface area (Å²) in [6.07, 6.45) is 9.75. The first-order valence-electron chi connectivity index (χ1n) is 11.0. The fourth-order valence-corrected chi connectivity index (χ4v) is 5.10. The molecule has 2 fully saturated rings. The molecule has 8 nitrogen and oxygen atoms in total. The Hall–Kier alpha value is -2.71. The molecule has 0 radical (unpaired) electrons. The predicted molar refractivity (Wildman–Crippen MR) is 124 cm³/mol. The third-order valence-electron chi connectivity index (χ3n) is 6.65. The van der Waals surface area contributed by atoms with Gasteiger partial charge in [-0.15, -0.1) is 0 Å². The lowest BCUT2D eigenvalue weighted by Crippen LogP contribution is -2.31. The molecule has 0 amide bonds. The van der Waals surface area contributed by atoms with E-state index in [9.17, 15) is 0 Å². The third-order valence-corrected chi connectivity index (χ3v) is 6.65. The molecule has 2 saturated carbocycles. The molecule has 2 aliphatic carbocycles. The summed E-state index contributed by atoms with van der Waals surface area (Å²) in [5, 5.41) is 18.4. The summed E-state index contributed by atoms with van der Waals surface area (Å²) in [5.41, 5.74) is 3.71. The quantitative estimate of drug-likeness (QED) is 0.684. The highest BCUT2D eigenvalue weighted by atomic mass is 16.3. The third kappa shape index (κ3) is 6.90. The zero-order valence-corrected chi connectivity index (χ0v) is 19.5. The smallest absolute Gasteiger partial charge is 0.290 e. The lowest BCUT2D eigenvalue weighted by Gasteiger charge is -2.26. The number of carbonyl (C=O) groups is 2. The van der Waals surface area contributed by atoms with Gasteiger partial charge in [-0.1, -0.05) is 12.1 Å². The molecule has 2 N–H and O–H groups in total. The fraction of sp³-hybridized carbons (Fsp3) is 0.542. The van der Waals surface area contributed by atoms with Crippen molar-refractivity contribution >= 4 is 12.9 Å². The van der Waals surface area contributed by atoms with E-state index in [1.54, 1.807) is 0 Å². The molecular formula is C24H36N4O4. The first-order valence-corrected chi connectivity index (χ1v) is 11.0. The van der Waals surface area contributed by atoms with E-state index in [4.69, 9.17) is 19.8 Å². The second-order valence-electron chi connectivity index (χ2n) is 8.99. The van der Waals surface area contributed by atoms with E-state index >= 15 is 0 Å². The van der Waals surface area contributed by atoms with Gasteiger partial charge in [-0.25, -0.2) is 4.68 Å². The van der Waals surface area contributed by atoms with Crippen molar-refractivity contribution in [2.24, 2.45) is 11.8 Å². The topological polar surface area (TPSA) is 98.9 Å². The van der Waals surface area contributed by atoms with Crippen molar-refractivity contribution in [3.63, 3.8) is 0 Å². The molecule has 0 saturated heterocycles. The summed E-state index contributed by atoms with van der Waals surface area (Å²) < 4.78 is 2.00. The predicted octanol–water partition coefficient (Wildman–Crippen LogP) is 3.13. The first-order chi connectivity index (χ1) is 15.3. The van der Waals surface area contributed by atoms with Gasteiger partial charge in [0.1, 0.15) is 0 Å². The highest BCUT2D eigenvalue weighted by Gasteiger charge is 2.43. The van der Waals surface area contributed by atoms with Crippen LogP contribution in [0.2, 0.25) is 0 Å². The molecule has 4 rings (SSSR count). The molecule has 0 spiro atoms. The van der Waals surface area contributed by atoms with E-state index < -0.39 is 0 Å². The number of rotatable bonds is 5. The molecule has 32 heavy (non-hydrogen) atoms. The Morgan fingerprint density at radius 3 is 2.12 bits per heavy atom. The molecule has 4 atom stereocenters. The van der Waals surface area contributed by atoms with Crippen LogP contribution in [0.15, 0.2) is 36.7 Å². The Labute approximate surface area is 190 Å². The van der Waals surface area contributed by atoms with Crippen LogP contribution in [0.1, 0.15) is 36.8 Å². The number of benzene rings is 1. The maximum Gasteiger partial charge on any atom is 0.290 e. The Bertz CT molecular complexity index is 834. The Balaban J connectivity index is 0.000000547. The van der Waals surface area contributed by atoms with Crippen molar-refractivity contribution in [3.8, 4) is 5.69 Å². The summed E-state index contributed by atoms with van der Waals surface area (Å²) in [7, 11) is 6.77. The van der Waals surface area contributed by atoms with Crippen molar-refractivity contribution < 1.29 is 19.8 Å². The summed E-state index contributed by atoms with van der Waals surface area (Å²) in [6.45, 7) is 2.62. The summed E-state index contributed by atoms with van der Waals surface area (Å²) in [6, 6.07) is 10.1. The van der Waals surface area contributed by atoms with Crippen LogP contribution in [-0.2, 0) is 16.1 Å². The molecule has 1 aromatic carbocycles. The highest BCUT2D eigenvalue weighted by molar-refractivity contribution is 5.35. The van der Waals surface area contributed by atoms with Gasteiger partial charge in [0.25, 0.3) is 12.9 Å². The van der Waals surface area contributed by atoms with Crippen molar-refractivity contribution in [3.05, 3.63) is 47.8 Å². The second-order valence-corrected chi connectivity index (χ2v) is 8.99. The van der Waals surface area contributed by atoms with E-state index in [1.165, 1.54) is 36.8 Å². The van der Waals surface area contributed by atoms with Crippen molar-refractivity contribution in [1.29, 1.82) is 0 Å². The Kier molecular flexibility index (Phi) is 9.87. The molecule has 2 aliphatic rings. The van der Waals surface area contributed by atoms with E-state index in [-0.39, 0.29) is 12.9 Å². The van der Waals surface area contributed by atoms with Crippen molar-refractivity contribution in [1.82, 2.24) is 19.6 Å². The van der Waals surface area contributed by atoms with Crippen LogP contribution in [0.3, 0.4) is 0 Å². The largest absolute Gasteiger partial charge is 0.483 e. The molecule has 176 valence electrons.